The lowest BCUT2D eigenvalue weighted by atomic mass is 10.3. The molecule has 0 aromatic heterocycles. The van der Waals surface area contributed by atoms with Crippen LogP contribution in [0.15, 0.2) is 111 Å². The smallest absolute Gasteiger partial charge is 0.145 e. The van der Waals surface area contributed by atoms with Crippen molar-refractivity contribution >= 4 is 0 Å². The fraction of sp³-hybridized carbons (Fsp3) is 0.182. The number of ether oxygens (including phenoxy) is 6. The van der Waals surface area contributed by atoms with Crippen LogP contribution in [0.1, 0.15) is 26.2 Å². The van der Waals surface area contributed by atoms with Crippen molar-refractivity contribution in [2.75, 3.05) is 0 Å². The third-order valence-electron chi connectivity index (χ3n) is 3.03. The van der Waals surface area contributed by atoms with E-state index in [0.29, 0.717) is 12.8 Å². The van der Waals surface area contributed by atoms with Gasteiger partial charge in [-0.2, -0.15) is 0 Å². The van der Waals surface area contributed by atoms with Gasteiger partial charge in [0.15, 0.2) is 0 Å². The van der Waals surface area contributed by atoms with Gasteiger partial charge in [-0.15, -0.1) is 19.7 Å². The normalized spacial score (nSPS) is 15.6. The zero-order valence-electron chi connectivity index (χ0n) is 16.0. The predicted octanol–water partition coefficient (Wildman–Crippen LogP) is 6.16. The number of hydrogen-bond donors (Lipinski definition) is 0. The second-order valence-corrected chi connectivity index (χ2v) is 5.19. The SMILES string of the molecule is C=CCC1=C(C)OC=CO1.C=CCC1=COC=CO1.C=CCC1=COC=CO1. The summed E-state index contributed by atoms with van der Waals surface area (Å²) in [5, 5.41) is 0. The van der Waals surface area contributed by atoms with E-state index in [9.17, 15) is 0 Å². The Balaban J connectivity index is 0.000000210. The molecule has 0 aromatic rings. The summed E-state index contributed by atoms with van der Waals surface area (Å²) in [6.45, 7) is 12.6. The highest BCUT2D eigenvalue weighted by Gasteiger charge is 2.04. The van der Waals surface area contributed by atoms with Crippen LogP contribution in [0, 0.1) is 0 Å². The van der Waals surface area contributed by atoms with E-state index in [1.807, 2.05) is 6.92 Å². The highest BCUT2D eigenvalue weighted by Crippen LogP contribution is 2.16. The molecule has 0 unspecified atom stereocenters. The highest BCUT2D eigenvalue weighted by atomic mass is 16.5. The van der Waals surface area contributed by atoms with Crippen LogP contribution in [0.3, 0.4) is 0 Å². The van der Waals surface area contributed by atoms with Gasteiger partial charge in [0.1, 0.15) is 73.1 Å². The predicted molar refractivity (Wildman–Crippen MR) is 107 cm³/mol. The molecule has 28 heavy (non-hydrogen) atoms. The van der Waals surface area contributed by atoms with Gasteiger partial charge in [0.25, 0.3) is 0 Å². The minimum absolute atomic E-state index is 0.713. The Labute approximate surface area is 166 Å². The molecule has 0 saturated carbocycles. The van der Waals surface area contributed by atoms with Crippen LogP contribution in [0.4, 0.5) is 0 Å². The molecule has 3 aliphatic heterocycles. The van der Waals surface area contributed by atoms with Crippen LogP contribution in [0.5, 0.6) is 0 Å². The molecule has 0 radical (unpaired) electrons. The van der Waals surface area contributed by atoms with Gasteiger partial charge >= 0.3 is 0 Å². The molecule has 0 spiro atoms. The third kappa shape index (κ3) is 9.82. The third-order valence-corrected chi connectivity index (χ3v) is 3.03. The number of rotatable bonds is 6. The van der Waals surface area contributed by atoms with E-state index >= 15 is 0 Å². The van der Waals surface area contributed by atoms with Gasteiger partial charge < -0.3 is 28.4 Å². The summed E-state index contributed by atoms with van der Waals surface area (Å²) in [4.78, 5) is 0. The summed E-state index contributed by atoms with van der Waals surface area (Å²) in [5.74, 6) is 3.21. The molecule has 0 aromatic carbocycles. The van der Waals surface area contributed by atoms with E-state index in [1.54, 1.807) is 30.8 Å². The largest absolute Gasteiger partial charge is 0.466 e. The molecule has 0 aliphatic carbocycles. The van der Waals surface area contributed by atoms with E-state index < -0.39 is 0 Å². The summed E-state index contributed by atoms with van der Waals surface area (Å²) >= 11 is 0. The summed E-state index contributed by atoms with van der Waals surface area (Å²) in [6, 6.07) is 0. The maximum Gasteiger partial charge on any atom is 0.145 e. The Hall–Kier alpha value is -3.54. The lowest BCUT2D eigenvalue weighted by Gasteiger charge is -2.12. The highest BCUT2D eigenvalue weighted by molar-refractivity contribution is 5.07. The molecule has 0 bridgehead atoms. The molecule has 6 heteroatoms. The molecule has 150 valence electrons. The molecule has 0 N–H and O–H groups in total. The monoisotopic (exact) mass is 386 g/mol. The van der Waals surface area contributed by atoms with Crippen LogP contribution in [-0.2, 0) is 28.4 Å². The maximum atomic E-state index is 5.13. The average Bonchev–Trinajstić information content (AvgIpc) is 2.73. The first-order valence-corrected chi connectivity index (χ1v) is 8.54. The molecule has 6 nitrogen and oxygen atoms in total. The van der Waals surface area contributed by atoms with E-state index in [2.05, 4.69) is 19.7 Å². The Morgan fingerprint density at radius 2 is 1.11 bits per heavy atom. The van der Waals surface area contributed by atoms with Crippen molar-refractivity contribution in [2.45, 2.75) is 26.2 Å². The zero-order chi connectivity index (χ0) is 20.5. The lowest BCUT2D eigenvalue weighted by molar-refractivity contribution is 0.224. The molecule has 0 atom stereocenters. The minimum Gasteiger partial charge on any atom is -0.466 e. The molecular formula is C22H26O6. The van der Waals surface area contributed by atoms with Crippen molar-refractivity contribution in [2.24, 2.45) is 0 Å². The molecule has 0 fully saturated rings. The Morgan fingerprint density at radius 1 is 0.643 bits per heavy atom. The van der Waals surface area contributed by atoms with Crippen LogP contribution in [0.25, 0.3) is 0 Å². The topological polar surface area (TPSA) is 55.4 Å². The Kier molecular flexibility index (Phi) is 11.7. The summed E-state index contributed by atoms with van der Waals surface area (Å²) < 4.78 is 29.8. The van der Waals surface area contributed by atoms with Gasteiger partial charge in [0.2, 0.25) is 0 Å². The van der Waals surface area contributed by atoms with Crippen molar-refractivity contribution in [3.05, 3.63) is 111 Å². The van der Waals surface area contributed by atoms with E-state index in [4.69, 9.17) is 28.4 Å². The van der Waals surface area contributed by atoms with Gasteiger partial charge in [-0.3, -0.25) is 0 Å². The Bertz CT molecular complexity index is 642. The van der Waals surface area contributed by atoms with Crippen molar-refractivity contribution in [3.8, 4) is 0 Å². The molecule has 0 saturated heterocycles. The van der Waals surface area contributed by atoms with Gasteiger partial charge in [-0.25, -0.2) is 0 Å². The second kappa shape index (κ2) is 14.6. The lowest BCUT2D eigenvalue weighted by Crippen LogP contribution is -1.96. The Morgan fingerprint density at radius 3 is 1.50 bits per heavy atom. The van der Waals surface area contributed by atoms with E-state index in [1.165, 1.54) is 37.6 Å². The van der Waals surface area contributed by atoms with E-state index in [-0.39, 0.29) is 0 Å². The second-order valence-electron chi connectivity index (χ2n) is 5.19. The summed E-state index contributed by atoms with van der Waals surface area (Å²) in [7, 11) is 0. The van der Waals surface area contributed by atoms with Gasteiger partial charge in [-0.05, 0) is 6.92 Å². The first-order valence-electron chi connectivity index (χ1n) is 8.54. The average molecular weight is 386 g/mol. The molecule has 0 amide bonds. The van der Waals surface area contributed by atoms with Crippen molar-refractivity contribution < 1.29 is 28.4 Å². The fourth-order valence-corrected chi connectivity index (χ4v) is 1.77. The fourth-order valence-electron chi connectivity index (χ4n) is 1.77. The first-order chi connectivity index (χ1) is 13.7. The molecule has 3 heterocycles. The van der Waals surface area contributed by atoms with Crippen LogP contribution < -0.4 is 0 Å². The van der Waals surface area contributed by atoms with Crippen molar-refractivity contribution in [3.63, 3.8) is 0 Å². The van der Waals surface area contributed by atoms with Gasteiger partial charge in [0.05, 0.1) is 0 Å². The number of allylic oxidation sites excluding steroid dienone is 4. The van der Waals surface area contributed by atoms with Crippen molar-refractivity contribution in [1.82, 2.24) is 0 Å². The minimum atomic E-state index is 0.713. The quantitative estimate of drug-likeness (QED) is 0.510. The van der Waals surface area contributed by atoms with Crippen LogP contribution in [-0.4, -0.2) is 0 Å². The van der Waals surface area contributed by atoms with Crippen molar-refractivity contribution in [1.29, 1.82) is 0 Å². The standard InChI is InChI=1S/C8H10O2.2C7H8O2/c1-3-4-8-7(2)9-5-6-10-8;2*1-2-3-7-6-8-4-5-9-7/h3,5-6H,1,4H2,2H3;2*2,4-6H,1,3H2. The summed E-state index contributed by atoms with van der Waals surface area (Å²) in [6.07, 6.45) is 19.5. The molecule has 3 rings (SSSR count). The van der Waals surface area contributed by atoms with E-state index in [0.717, 1.165) is 29.5 Å². The van der Waals surface area contributed by atoms with Gasteiger partial charge in [-0.1, -0.05) is 18.2 Å². The maximum absolute atomic E-state index is 5.13. The molecule has 3 aliphatic rings. The first kappa shape index (κ1) is 22.5. The summed E-state index contributed by atoms with van der Waals surface area (Å²) in [5.41, 5.74) is 0. The molecular weight excluding hydrogens is 360 g/mol. The zero-order valence-corrected chi connectivity index (χ0v) is 16.0. The number of hydrogen-bond acceptors (Lipinski definition) is 6. The van der Waals surface area contributed by atoms with Crippen LogP contribution >= 0.6 is 0 Å². The van der Waals surface area contributed by atoms with Crippen LogP contribution in [0.2, 0.25) is 0 Å². The van der Waals surface area contributed by atoms with Gasteiger partial charge in [0, 0.05) is 19.3 Å².